The van der Waals surface area contributed by atoms with Gasteiger partial charge in [-0.05, 0) is 39.7 Å². The Morgan fingerprint density at radius 3 is 2.79 bits per heavy atom. The van der Waals surface area contributed by atoms with E-state index >= 15 is 0 Å². The molecule has 4 nitrogen and oxygen atoms in total. The Morgan fingerprint density at radius 1 is 1.37 bits per heavy atom. The average molecular weight is 319 g/mol. The lowest BCUT2D eigenvalue weighted by atomic mass is 10.2. The molecule has 2 aromatic rings. The van der Waals surface area contributed by atoms with Crippen LogP contribution in [0.25, 0.3) is 0 Å². The maximum atomic E-state index is 11.7. The van der Waals surface area contributed by atoms with Crippen molar-refractivity contribution in [2.45, 2.75) is 6.54 Å². The first kappa shape index (κ1) is 13.4. The van der Waals surface area contributed by atoms with Crippen molar-refractivity contribution in [3.8, 4) is 11.8 Å². The molecular formula is C14H11BrN2O2. The van der Waals surface area contributed by atoms with Crippen molar-refractivity contribution in [3.05, 3.63) is 62.5 Å². The van der Waals surface area contributed by atoms with Crippen molar-refractivity contribution in [2.75, 3.05) is 7.11 Å². The molecule has 0 N–H and O–H groups in total. The highest BCUT2D eigenvalue weighted by atomic mass is 79.9. The van der Waals surface area contributed by atoms with Crippen LogP contribution >= 0.6 is 15.9 Å². The van der Waals surface area contributed by atoms with Crippen LogP contribution in [0, 0.1) is 11.3 Å². The third-order valence-corrected chi connectivity index (χ3v) is 3.30. The zero-order valence-electron chi connectivity index (χ0n) is 10.3. The summed E-state index contributed by atoms with van der Waals surface area (Å²) in [4.78, 5) is 11.7. The van der Waals surface area contributed by atoms with Gasteiger partial charge in [-0.1, -0.05) is 6.07 Å². The molecule has 0 aliphatic heterocycles. The van der Waals surface area contributed by atoms with Gasteiger partial charge in [0.25, 0.3) is 5.56 Å². The maximum absolute atomic E-state index is 11.7. The fourth-order valence-corrected chi connectivity index (χ4v) is 2.31. The lowest BCUT2D eigenvalue weighted by Gasteiger charge is -2.08. The fraction of sp³-hybridized carbons (Fsp3) is 0.143. The summed E-state index contributed by atoms with van der Waals surface area (Å²) < 4.78 is 7.49. The smallest absolute Gasteiger partial charge is 0.250 e. The molecule has 5 heteroatoms. The Bertz CT molecular complexity index is 701. The molecule has 19 heavy (non-hydrogen) atoms. The molecule has 1 aromatic heterocycles. The molecule has 0 bridgehead atoms. The Kier molecular flexibility index (Phi) is 4.03. The second-order valence-electron chi connectivity index (χ2n) is 3.96. The van der Waals surface area contributed by atoms with Crippen LogP contribution in [0.4, 0.5) is 0 Å². The highest BCUT2D eigenvalue weighted by Gasteiger charge is 2.04. The molecule has 0 atom stereocenters. The highest BCUT2D eigenvalue weighted by Crippen LogP contribution is 2.25. The van der Waals surface area contributed by atoms with E-state index in [9.17, 15) is 4.79 Å². The topological polar surface area (TPSA) is 55.0 Å². The number of rotatable bonds is 3. The first-order chi connectivity index (χ1) is 9.13. The van der Waals surface area contributed by atoms with Gasteiger partial charge in [0.15, 0.2) is 0 Å². The van der Waals surface area contributed by atoms with Crippen LogP contribution in [0.3, 0.4) is 0 Å². The largest absolute Gasteiger partial charge is 0.496 e. The summed E-state index contributed by atoms with van der Waals surface area (Å²) in [6.07, 6.45) is 1.56. The average Bonchev–Trinajstić information content (AvgIpc) is 2.41. The minimum atomic E-state index is -0.133. The van der Waals surface area contributed by atoms with Gasteiger partial charge in [0.05, 0.1) is 23.7 Å². The Hall–Kier alpha value is -2.06. The third kappa shape index (κ3) is 3.04. The summed E-state index contributed by atoms with van der Waals surface area (Å²) >= 11 is 3.40. The van der Waals surface area contributed by atoms with Gasteiger partial charge >= 0.3 is 0 Å². The molecule has 0 aliphatic carbocycles. The van der Waals surface area contributed by atoms with Crippen LogP contribution in [0.15, 0.2) is 45.8 Å². The van der Waals surface area contributed by atoms with Crippen LogP contribution in [-0.4, -0.2) is 11.7 Å². The number of halogens is 1. The maximum Gasteiger partial charge on any atom is 0.250 e. The lowest BCUT2D eigenvalue weighted by molar-refractivity contribution is 0.412. The minimum absolute atomic E-state index is 0.133. The number of ether oxygens (including phenoxy) is 1. The van der Waals surface area contributed by atoms with Crippen molar-refractivity contribution in [1.82, 2.24) is 4.57 Å². The lowest BCUT2D eigenvalue weighted by Crippen LogP contribution is -2.19. The molecular weight excluding hydrogens is 308 g/mol. The van der Waals surface area contributed by atoms with Crippen molar-refractivity contribution in [2.24, 2.45) is 0 Å². The van der Waals surface area contributed by atoms with E-state index in [2.05, 4.69) is 15.9 Å². The quantitative estimate of drug-likeness (QED) is 0.873. The summed E-state index contributed by atoms with van der Waals surface area (Å²) in [6.45, 7) is 0.414. The molecule has 0 saturated carbocycles. The zero-order chi connectivity index (χ0) is 13.8. The number of benzene rings is 1. The number of hydrogen-bond acceptors (Lipinski definition) is 3. The molecule has 0 unspecified atom stereocenters. The minimum Gasteiger partial charge on any atom is -0.496 e. The van der Waals surface area contributed by atoms with Crippen LogP contribution < -0.4 is 10.3 Å². The molecule has 1 heterocycles. The normalized spacial score (nSPS) is 9.95. The number of nitriles is 1. The van der Waals surface area contributed by atoms with E-state index in [1.165, 1.54) is 16.7 Å². The number of hydrogen-bond donors (Lipinski definition) is 0. The van der Waals surface area contributed by atoms with E-state index in [0.29, 0.717) is 12.1 Å². The first-order valence-electron chi connectivity index (χ1n) is 5.57. The molecule has 0 spiro atoms. The summed E-state index contributed by atoms with van der Waals surface area (Å²) in [7, 11) is 1.60. The van der Waals surface area contributed by atoms with Crippen molar-refractivity contribution in [3.63, 3.8) is 0 Å². The number of aromatic nitrogens is 1. The Balaban J connectivity index is 2.34. The molecule has 2 rings (SSSR count). The molecule has 0 saturated heterocycles. The van der Waals surface area contributed by atoms with E-state index in [4.69, 9.17) is 10.00 Å². The highest BCUT2D eigenvalue weighted by molar-refractivity contribution is 9.10. The zero-order valence-corrected chi connectivity index (χ0v) is 11.8. The van der Waals surface area contributed by atoms with Crippen LogP contribution in [0.1, 0.15) is 11.1 Å². The molecule has 96 valence electrons. The van der Waals surface area contributed by atoms with E-state index < -0.39 is 0 Å². The van der Waals surface area contributed by atoms with Crippen LogP contribution in [0.2, 0.25) is 0 Å². The molecule has 0 aliphatic rings. The SMILES string of the molecule is COc1ccc(Cn2cc(C#N)ccc2=O)cc1Br. The standard InChI is InChI=1S/C14H11BrN2O2/c1-19-13-4-2-10(6-12(13)15)8-17-9-11(7-16)3-5-14(17)18/h2-6,9H,8H2,1H3. The van der Waals surface area contributed by atoms with Gasteiger partial charge in [0, 0.05) is 12.3 Å². The fourth-order valence-electron chi connectivity index (χ4n) is 1.73. The van der Waals surface area contributed by atoms with Gasteiger partial charge in [-0.15, -0.1) is 0 Å². The summed E-state index contributed by atoms with van der Waals surface area (Å²) in [5.74, 6) is 0.738. The van der Waals surface area contributed by atoms with Gasteiger partial charge in [-0.3, -0.25) is 4.79 Å². The van der Waals surface area contributed by atoms with Gasteiger partial charge in [0.2, 0.25) is 0 Å². The van der Waals surface area contributed by atoms with Crippen LogP contribution in [0.5, 0.6) is 5.75 Å². The number of nitrogens with zero attached hydrogens (tertiary/aromatic N) is 2. The van der Waals surface area contributed by atoms with Crippen molar-refractivity contribution >= 4 is 15.9 Å². The first-order valence-corrected chi connectivity index (χ1v) is 6.36. The van der Waals surface area contributed by atoms with Gasteiger partial charge in [-0.2, -0.15) is 5.26 Å². The van der Waals surface area contributed by atoms with E-state index in [1.54, 1.807) is 13.3 Å². The second kappa shape index (κ2) is 5.72. The summed E-state index contributed by atoms with van der Waals surface area (Å²) in [5, 5.41) is 8.84. The van der Waals surface area contributed by atoms with Crippen molar-refractivity contribution in [1.29, 1.82) is 5.26 Å². The Labute approximate surface area is 119 Å². The van der Waals surface area contributed by atoms with Gasteiger partial charge in [0.1, 0.15) is 11.8 Å². The van der Waals surface area contributed by atoms with Crippen LogP contribution in [-0.2, 0) is 6.54 Å². The molecule has 0 amide bonds. The van der Waals surface area contributed by atoms with E-state index in [0.717, 1.165) is 15.8 Å². The van der Waals surface area contributed by atoms with E-state index in [-0.39, 0.29) is 5.56 Å². The monoisotopic (exact) mass is 318 g/mol. The third-order valence-electron chi connectivity index (χ3n) is 2.68. The summed E-state index contributed by atoms with van der Waals surface area (Å²) in [6, 6.07) is 10.5. The van der Waals surface area contributed by atoms with Gasteiger partial charge < -0.3 is 9.30 Å². The van der Waals surface area contributed by atoms with Gasteiger partial charge in [-0.25, -0.2) is 0 Å². The van der Waals surface area contributed by atoms with E-state index in [1.807, 2.05) is 24.3 Å². The van der Waals surface area contributed by atoms with Crippen molar-refractivity contribution < 1.29 is 4.74 Å². The number of methoxy groups -OCH3 is 1. The summed E-state index contributed by atoms with van der Waals surface area (Å²) in [5.41, 5.74) is 1.28. The molecule has 1 aromatic carbocycles. The molecule has 0 radical (unpaired) electrons. The molecule has 0 fully saturated rings. The predicted molar refractivity (Wildman–Crippen MR) is 75.2 cm³/mol. The Morgan fingerprint density at radius 2 is 2.16 bits per heavy atom. The second-order valence-corrected chi connectivity index (χ2v) is 4.82. The predicted octanol–water partition coefficient (Wildman–Crippen LogP) is 2.54. The number of pyridine rings is 1.